The molecule has 4 aliphatic rings. The highest BCUT2D eigenvalue weighted by Crippen LogP contribution is 2.59. The monoisotopic (exact) mass is 424 g/mol. The molecule has 4 fully saturated rings. The van der Waals surface area contributed by atoms with Gasteiger partial charge < -0.3 is 4.90 Å². The second-order valence-electron chi connectivity index (χ2n) is 11.2. The third kappa shape index (κ3) is 6.33. The van der Waals surface area contributed by atoms with E-state index in [0.29, 0.717) is 11.3 Å². The van der Waals surface area contributed by atoms with Crippen molar-refractivity contribution >= 4 is 5.91 Å². The number of pyridine rings is 1. The molecule has 3 nitrogen and oxygen atoms in total. The van der Waals surface area contributed by atoms with Crippen molar-refractivity contribution in [1.82, 2.24) is 9.88 Å². The van der Waals surface area contributed by atoms with Crippen molar-refractivity contribution in [3.8, 4) is 0 Å². The molecule has 0 aliphatic heterocycles. The number of hydrogen-bond acceptors (Lipinski definition) is 2. The summed E-state index contributed by atoms with van der Waals surface area (Å²) in [6.45, 7) is 4.24. The van der Waals surface area contributed by atoms with E-state index in [-0.39, 0.29) is 0 Å². The Hall–Kier alpha value is -1.38. The summed E-state index contributed by atoms with van der Waals surface area (Å²) in [6, 6.07) is 4.18. The number of fused-ring (bicyclic) bond motifs is 1. The molecule has 4 bridgehead atoms. The van der Waals surface area contributed by atoms with Crippen LogP contribution in [0.5, 0.6) is 0 Å². The molecule has 2 atom stereocenters. The summed E-state index contributed by atoms with van der Waals surface area (Å²) in [5.41, 5.74) is 1.90. The molecule has 0 aromatic carbocycles. The lowest BCUT2D eigenvalue weighted by Crippen LogP contribution is -2.41. The van der Waals surface area contributed by atoms with Gasteiger partial charge in [0.1, 0.15) is 0 Å². The summed E-state index contributed by atoms with van der Waals surface area (Å²) >= 11 is 0. The molecule has 1 aromatic rings. The molecule has 0 saturated heterocycles. The Morgan fingerprint density at radius 2 is 1.68 bits per heavy atom. The highest BCUT2D eigenvalue weighted by Gasteiger charge is 2.48. The largest absolute Gasteiger partial charge is 0.343 e. The van der Waals surface area contributed by atoms with E-state index in [0.717, 1.165) is 56.5 Å². The van der Waals surface area contributed by atoms with Gasteiger partial charge in [-0.3, -0.25) is 9.78 Å². The molecule has 0 N–H and O–H groups in total. The summed E-state index contributed by atoms with van der Waals surface area (Å²) < 4.78 is 0. The molecular formula is C28H44N2O. The van der Waals surface area contributed by atoms with Crippen molar-refractivity contribution < 1.29 is 4.79 Å². The van der Waals surface area contributed by atoms with Crippen molar-refractivity contribution in [2.75, 3.05) is 13.1 Å². The lowest BCUT2D eigenvalue weighted by Gasteiger charge is -2.49. The fourth-order valence-corrected chi connectivity index (χ4v) is 7.28. The summed E-state index contributed by atoms with van der Waals surface area (Å²) in [5, 5.41) is 0. The molecular weight excluding hydrogens is 380 g/mol. The van der Waals surface area contributed by atoms with Crippen LogP contribution < -0.4 is 0 Å². The van der Waals surface area contributed by atoms with Crippen molar-refractivity contribution in [3.05, 3.63) is 30.1 Å². The van der Waals surface area contributed by atoms with Gasteiger partial charge in [0.25, 0.3) is 0 Å². The molecule has 1 amide bonds. The number of amides is 1. The molecule has 4 aliphatic carbocycles. The van der Waals surface area contributed by atoms with Gasteiger partial charge in [-0.15, -0.1) is 0 Å². The molecule has 172 valence electrons. The zero-order valence-corrected chi connectivity index (χ0v) is 19.9. The SMILES string of the molecule is CCCCCN(CCC12CC3CCC(CC(C3)C1)C2)C(=O)CCCCc1ccncc1. The van der Waals surface area contributed by atoms with Gasteiger partial charge in [-0.2, -0.15) is 0 Å². The predicted octanol–water partition coefficient (Wildman–Crippen LogP) is 6.81. The topological polar surface area (TPSA) is 33.2 Å². The molecule has 4 saturated carbocycles. The van der Waals surface area contributed by atoms with E-state index in [1.807, 2.05) is 12.4 Å². The lowest BCUT2D eigenvalue weighted by molar-refractivity contribution is -0.132. The van der Waals surface area contributed by atoms with E-state index in [2.05, 4.69) is 28.9 Å². The molecule has 1 heterocycles. The van der Waals surface area contributed by atoms with Crippen LogP contribution >= 0.6 is 0 Å². The average molecular weight is 425 g/mol. The Labute approximate surface area is 190 Å². The van der Waals surface area contributed by atoms with Gasteiger partial charge in [-0.25, -0.2) is 0 Å². The maximum absolute atomic E-state index is 13.1. The second-order valence-corrected chi connectivity index (χ2v) is 11.2. The van der Waals surface area contributed by atoms with Gasteiger partial charge in [0.2, 0.25) is 5.91 Å². The number of carbonyl (C=O) groups excluding carboxylic acids is 1. The van der Waals surface area contributed by atoms with Crippen molar-refractivity contribution in [1.29, 1.82) is 0 Å². The Morgan fingerprint density at radius 3 is 2.39 bits per heavy atom. The fourth-order valence-electron chi connectivity index (χ4n) is 7.28. The van der Waals surface area contributed by atoms with Crippen molar-refractivity contribution in [3.63, 3.8) is 0 Å². The quantitative estimate of drug-likeness (QED) is 0.345. The van der Waals surface area contributed by atoms with Crippen LogP contribution in [0, 0.1) is 23.2 Å². The van der Waals surface area contributed by atoms with Gasteiger partial charge in [-0.05, 0) is 105 Å². The van der Waals surface area contributed by atoms with Crippen LogP contribution in [-0.4, -0.2) is 28.9 Å². The second kappa shape index (κ2) is 11.0. The molecule has 0 radical (unpaired) electrons. The number of unbranched alkanes of at least 4 members (excludes halogenated alkanes) is 3. The van der Waals surface area contributed by atoms with Crippen LogP contribution in [0.2, 0.25) is 0 Å². The normalized spacial score (nSPS) is 29.1. The van der Waals surface area contributed by atoms with Crippen LogP contribution in [0.1, 0.15) is 102 Å². The van der Waals surface area contributed by atoms with Gasteiger partial charge in [0.15, 0.2) is 0 Å². The van der Waals surface area contributed by atoms with Crippen LogP contribution in [0.4, 0.5) is 0 Å². The zero-order valence-electron chi connectivity index (χ0n) is 19.9. The van der Waals surface area contributed by atoms with E-state index < -0.39 is 0 Å². The first-order chi connectivity index (χ1) is 15.2. The minimum absolute atomic E-state index is 0.411. The highest BCUT2D eigenvalue weighted by molar-refractivity contribution is 5.76. The number of carbonyl (C=O) groups is 1. The molecule has 5 rings (SSSR count). The number of aryl methyl sites for hydroxylation is 1. The first-order valence-electron chi connectivity index (χ1n) is 13.3. The summed E-state index contributed by atoms with van der Waals surface area (Å²) in [7, 11) is 0. The highest BCUT2D eigenvalue weighted by atomic mass is 16.2. The molecule has 1 aromatic heterocycles. The predicted molar refractivity (Wildman–Crippen MR) is 128 cm³/mol. The zero-order chi connectivity index (χ0) is 21.5. The van der Waals surface area contributed by atoms with Gasteiger partial charge >= 0.3 is 0 Å². The Kier molecular flexibility index (Phi) is 8.07. The number of hydrogen-bond donors (Lipinski definition) is 0. The fraction of sp³-hybridized carbons (Fsp3) is 0.786. The van der Waals surface area contributed by atoms with Gasteiger partial charge in [0, 0.05) is 31.9 Å². The van der Waals surface area contributed by atoms with E-state index in [1.54, 1.807) is 0 Å². The minimum Gasteiger partial charge on any atom is -0.343 e. The van der Waals surface area contributed by atoms with E-state index in [1.165, 1.54) is 76.2 Å². The van der Waals surface area contributed by atoms with E-state index >= 15 is 0 Å². The third-order valence-corrected chi connectivity index (χ3v) is 8.63. The third-order valence-electron chi connectivity index (χ3n) is 8.63. The van der Waals surface area contributed by atoms with Crippen LogP contribution in [-0.2, 0) is 11.2 Å². The maximum atomic E-state index is 13.1. The maximum Gasteiger partial charge on any atom is 0.222 e. The van der Waals surface area contributed by atoms with Crippen molar-refractivity contribution in [2.24, 2.45) is 23.2 Å². The number of nitrogens with zero attached hydrogens (tertiary/aromatic N) is 2. The summed E-state index contributed by atoms with van der Waals surface area (Å²) in [5.74, 6) is 3.39. The first kappa shape index (κ1) is 22.8. The molecule has 31 heavy (non-hydrogen) atoms. The molecule has 2 unspecified atom stereocenters. The molecule has 0 spiro atoms. The minimum atomic E-state index is 0.411. The van der Waals surface area contributed by atoms with Gasteiger partial charge in [0.05, 0.1) is 0 Å². The summed E-state index contributed by atoms with van der Waals surface area (Å²) in [4.78, 5) is 19.5. The van der Waals surface area contributed by atoms with E-state index in [9.17, 15) is 4.79 Å². The number of rotatable bonds is 12. The smallest absolute Gasteiger partial charge is 0.222 e. The number of aromatic nitrogens is 1. The molecule has 3 heteroatoms. The Morgan fingerprint density at radius 1 is 0.968 bits per heavy atom. The van der Waals surface area contributed by atoms with Crippen LogP contribution in [0.3, 0.4) is 0 Å². The first-order valence-corrected chi connectivity index (χ1v) is 13.3. The van der Waals surface area contributed by atoms with Crippen LogP contribution in [0.15, 0.2) is 24.5 Å². The lowest BCUT2D eigenvalue weighted by atomic mass is 9.57. The van der Waals surface area contributed by atoms with E-state index in [4.69, 9.17) is 0 Å². The average Bonchev–Trinajstić information content (AvgIpc) is 2.99. The summed E-state index contributed by atoms with van der Waals surface area (Å²) in [6.07, 6.45) is 22.9. The Bertz CT molecular complexity index is 672. The standard InChI is InChI=1S/C28H44N2O/c1-2-3-6-16-30(27(31)8-5-4-7-23-11-14-29-15-12-23)17-13-28-20-24-9-10-25(21-28)19-26(18-24)22-28/h11-12,14-15,24-26H,2-10,13,16-22H2,1H3. The van der Waals surface area contributed by atoms with Crippen LogP contribution in [0.25, 0.3) is 0 Å². The van der Waals surface area contributed by atoms with Gasteiger partial charge in [-0.1, -0.05) is 32.6 Å². The van der Waals surface area contributed by atoms with Crippen molar-refractivity contribution in [2.45, 2.75) is 103 Å². The Balaban J connectivity index is 1.28.